The monoisotopic (exact) mass is 370 g/mol. The largest absolute Gasteiger partial charge is 0.332 e. The molecule has 2 heterocycles. The van der Waals surface area contributed by atoms with E-state index in [2.05, 4.69) is 15.0 Å². The van der Waals surface area contributed by atoms with Crippen LogP contribution in [-0.4, -0.2) is 19.5 Å². The van der Waals surface area contributed by atoms with E-state index in [-0.39, 0.29) is 5.56 Å². The molecule has 0 atom stereocenters. The van der Waals surface area contributed by atoms with Crippen molar-refractivity contribution in [2.75, 3.05) is 0 Å². The summed E-state index contributed by atoms with van der Waals surface area (Å²) in [5.41, 5.74) is 2.15. The molecule has 4 rings (SSSR count). The van der Waals surface area contributed by atoms with Gasteiger partial charge in [-0.3, -0.25) is 4.79 Å². The summed E-state index contributed by atoms with van der Waals surface area (Å²) >= 11 is 12.5. The number of aromatic amines is 1. The van der Waals surface area contributed by atoms with Crippen molar-refractivity contribution < 1.29 is 0 Å². The third-order valence-corrected chi connectivity index (χ3v) is 4.63. The Hall–Kier alpha value is -2.63. The molecule has 7 heteroatoms. The summed E-state index contributed by atoms with van der Waals surface area (Å²) in [6.07, 6.45) is 1.46. The van der Waals surface area contributed by atoms with E-state index in [4.69, 9.17) is 23.2 Å². The van der Waals surface area contributed by atoms with Crippen molar-refractivity contribution in [2.45, 2.75) is 6.54 Å². The Balaban J connectivity index is 1.87. The van der Waals surface area contributed by atoms with Crippen LogP contribution in [0.3, 0.4) is 0 Å². The van der Waals surface area contributed by atoms with Crippen LogP contribution in [0, 0.1) is 0 Å². The number of imidazole rings is 1. The average molecular weight is 371 g/mol. The van der Waals surface area contributed by atoms with Crippen LogP contribution in [0.5, 0.6) is 0 Å². The number of hydrogen-bond acceptors (Lipinski definition) is 3. The van der Waals surface area contributed by atoms with E-state index in [0.29, 0.717) is 33.6 Å². The number of halogens is 2. The van der Waals surface area contributed by atoms with Crippen molar-refractivity contribution in [1.29, 1.82) is 0 Å². The second-order valence-corrected chi connectivity index (χ2v) is 6.34. The zero-order valence-electron chi connectivity index (χ0n) is 12.9. The van der Waals surface area contributed by atoms with E-state index in [1.54, 1.807) is 22.8 Å². The summed E-state index contributed by atoms with van der Waals surface area (Å²) < 4.78 is 1.76. The topological polar surface area (TPSA) is 63.6 Å². The first-order chi connectivity index (χ1) is 12.1. The van der Waals surface area contributed by atoms with Gasteiger partial charge in [-0.15, -0.1) is 0 Å². The summed E-state index contributed by atoms with van der Waals surface area (Å²) in [5.74, 6) is 0.611. The molecule has 0 aliphatic rings. The summed E-state index contributed by atoms with van der Waals surface area (Å²) in [6.45, 7) is 0.362. The van der Waals surface area contributed by atoms with Gasteiger partial charge in [-0.05, 0) is 12.1 Å². The fourth-order valence-electron chi connectivity index (χ4n) is 2.66. The maximum Gasteiger partial charge on any atom is 0.298 e. The summed E-state index contributed by atoms with van der Waals surface area (Å²) in [6, 6.07) is 14.9. The standard InChI is InChI=1S/C18H12Cl2N4O/c19-13-7-4-8-14(20)12(13)9-24-10-21-18(25)15-17(24)23-16(22-15)11-5-2-1-3-6-11/h1-8,10H,9H2,(H,22,23). The van der Waals surface area contributed by atoms with E-state index in [0.717, 1.165) is 11.1 Å². The molecule has 124 valence electrons. The van der Waals surface area contributed by atoms with Gasteiger partial charge in [-0.2, -0.15) is 4.98 Å². The van der Waals surface area contributed by atoms with E-state index in [9.17, 15) is 4.79 Å². The van der Waals surface area contributed by atoms with Crippen LogP contribution in [0.4, 0.5) is 0 Å². The highest BCUT2D eigenvalue weighted by Crippen LogP contribution is 2.26. The molecule has 4 aromatic rings. The molecule has 1 N–H and O–H groups in total. The van der Waals surface area contributed by atoms with Crippen molar-refractivity contribution in [3.8, 4) is 11.4 Å². The molecule has 0 spiro atoms. The van der Waals surface area contributed by atoms with Crippen LogP contribution in [0.25, 0.3) is 22.6 Å². The molecule has 0 aliphatic carbocycles. The van der Waals surface area contributed by atoms with Crippen molar-refractivity contribution in [3.63, 3.8) is 0 Å². The predicted molar refractivity (Wildman–Crippen MR) is 99.1 cm³/mol. The van der Waals surface area contributed by atoms with Crippen molar-refractivity contribution in [2.24, 2.45) is 0 Å². The SMILES string of the molecule is O=c1ncn(Cc2c(Cl)cccc2Cl)c2nc(-c3ccccc3)[nH]c12. The lowest BCUT2D eigenvalue weighted by Crippen LogP contribution is -2.13. The summed E-state index contributed by atoms with van der Waals surface area (Å²) in [5, 5.41) is 1.11. The molecule has 0 fully saturated rings. The lowest BCUT2D eigenvalue weighted by molar-refractivity contribution is 0.789. The average Bonchev–Trinajstić information content (AvgIpc) is 3.07. The van der Waals surface area contributed by atoms with Gasteiger partial charge >= 0.3 is 0 Å². The minimum absolute atomic E-state index is 0.351. The number of nitrogens with one attached hydrogen (secondary N) is 1. The smallest absolute Gasteiger partial charge is 0.298 e. The normalized spacial score (nSPS) is 11.1. The lowest BCUT2D eigenvalue weighted by atomic mass is 10.2. The number of aromatic nitrogens is 4. The Morgan fingerprint density at radius 3 is 2.44 bits per heavy atom. The van der Waals surface area contributed by atoms with Crippen molar-refractivity contribution in [3.05, 3.63) is 80.8 Å². The Morgan fingerprint density at radius 2 is 1.72 bits per heavy atom. The van der Waals surface area contributed by atoms with Gasteiger partial charge in [-0.25, -0.2) is 4.98 Å². The molecule has 0 aliphatic heterocycles. The second-order valence-electron chi connectivity index (χ2n) is 5.53. The fourth-order valence-corrected chi connectivity index (χ4v) is 3.18. The third-order valence-electron chi connectivity index (χ3n) is 3.92. The van der Waals surface area contributed by atoms with Crippen molar-refractivity contribution in [1.82, 2.24) is 19.5 Å². The van der Waals surface area contributed by atoms with E-state index in [1.807, 2.05) is 30.3 Å². The van der Waals surface area contributed by atoms with Crippen molar-refractivity contribution >= 4 is 34.4 Å². The van der Waals surface area contributed by atoms with Crippen LogP contribution in [0.2, 0.25) is 10.0 Å². The predicted octanol–water partition coefficient (Wildman–Crippen LogP) is 4.14. The number of benzene rings is 2. The van der Waals surface area contributed by atoms with E-state index in [1.165, 1.54) is 6.33 Å². The molecule has 2 aromatic heterocycles. The highest BCUT2D eigenvalue weighted by atomic mass is 35.5. The molecule has 0 unspecified atom stereocenters. The number of nitrogens with zero attached hydrogens (tertiary/aromatic N) is 3. The van der Waals surface area contributed by atoms with Crippen LogP contribution < -0.4 is 5.56 Å². The maximum atomic E-state index is 12.1. The van der Waals surface area contributed by atoms with Gasteiger partial charge in [0.1, 0.15) is 12.2 Å². The number of fused-ring (bicyclic) bond motifs is 1. The molecular formula is C18H12Cl2N4O. The fraction of sp³-hybridized carbons (Fsp3) is 0.0556. The number of rotatable bonds is 3. The van der Waals surface area contributed by atoms with Crippen LogP contribution in [0.15, 0.2) is 59.7 Å². The van der Waals surface area contributed by atoms with Crippen LogP contribution in [-0.2, 0) is 6.54 Å². The Labute approximate surface area is 152 Å². The molecule has 5 nitrogen and oxygen atoms in total. The molecule has 0 saturated heterocycles. The van der Waals surface area contributed by atoms with E-state index >= 15 is 0 Å². The van der Waals surface area contributed by atoms with Gasteiger partial charge in [0.05, 0.1) is 6.54 Å². The quantitative estimate of drug-likeness (QED) is 0.589. The van der Waals surface area contributed by atoms with Gasteiger partial charge in [-0.1, -0.05) is 59.6 Å². The maximum absolute atomic E-state index is 12.1. The molecule has 0 bridgehead atoms. The molecule has 0 amide bonds. The zero-order valence-corrected chi connectivity index (χ0v) is 14.4. The molecule has 2 aromatic carbocycles. The number of H-pyrrole nitrogens is 1. The molecular weight excluding hydrogens is 359 g/mol. The summed E-state index contributed by atoms with van der Waals surface area (Å²) in [4.78, 5) is 23.7. The van der Waals surface area contributed by atoms with Gasteiger partial charge in [0.15, 0.2) is 11.2 Å². The number of hydrogen-bond donors (Lipinski definition) is 1. The Morgan fingerprint density at radius 1 is 1.00 bits per heavy atom. The lowest BCUT2D eigenvalue weighted by Gasteiger charge is -2.10. The van der Waals surface area contributed by atoms with Crippen LogP contribution >= 0.6 is 23.2 Å². The minimum atomic E-state index is -0.355. The van der Waals surface area contributed by atoms with Gasteiger partial charge < -0.3 is 9.55 Å². The minimum Gasteiger partial charge on any atom is -0.332 e. The first-order valence-corrected chi connectivity index (χ1v) is 8.32. The Bertz CT molecular complexity index is 1100. The van der Waals surface area contributed by atoms with Crippen LogP contribution in [0.1, 0.15) is 5.56 Å². The highest BCUT2D eigenvalue weighted by molar-refractivity contribution is 6.36. The van der Waals surface area contributed by atoms with E-state index < -0.39 is 0 Å². The first kappa shape index (κ1) is 15.9. The zero-order chi connectivity index (χ0) is 17.4. The Kier molecular flexibility index (Phi) is 4.03. The first-order valence-electron chi connectivity index (χ1n) is 7.57. The van der Waals surface area contributed by atoms with Gasteiger partial charge in [0.2, 0.25) is 0 Å². The third kappa shape index (κ3) is 2.92. The van der Waals surface area contributed by atoms with Gasteiger partial charge in [0.25, 0.3) is 5.56 Å². The highest BCUT2D eigenvalue weighted by Gasteiger charge is 2.14. The molecule has 0 radical (unpaired) electrons. The molecule has 0 saturated carbocycles. The summed E-state index contributed by atoms with van der Waals surface area (Å²) in [7, 11) is 0. The van der Waals surface area contributed by atoms with Gasteiger partial charge in [0, 0.05) is 21.2 Å². The second kappa shape index (κ2) is 6.35. The molecule has 25 heavy (non-hydrogen) atoms.